The highest BCUT2D eigenvalue weighted by atomic mass is 16.3. The molecule has 0 spiro atoms. The van der Waals surface area contributed by atoms with Crippen LogP contribution >= 0.6 is 0 Å². The summed E-state index contributed by atoms with van der Waals surface area (Å²) >= 11 is 0. The third-order valence-corrected chi connectivity index (χ3v) is 6.28. The lowest BCUT2D eigenvalue weighted by atomic mass is 9.97. The Morgan fingerprint density at radius 2 is 1.03 bits per heavy atom. The number of unbranched alkanes of at least 4 members (excludes halogenated alkanes) is 10. The van der Waals surface area contributed by atoms with Gasteiger partial charge in [0.2, 0.25) is 0 Å². The molecule has 0 heterocycles. The van der Waals surface area contributed by atoms with E-state index >= 15 is 0 Å². The number of aliphatic hydroxyl groups is 3. The van der Waals surface area contributed by atoms with Crippen LogP contribution in [-0.4, -0.2) is 33.6 Å². The molecule has 0 aliphatic carbocycles. The van der Waals surface area contributed by atoms with Crippen molar-refractivity contribution in [3.05, 3.63) is 34.9 Å². The fourth-order valence-corrected chi connectivity index (χ4v) is 4.55. The van der Waals surface area contributed by atoms with Gasteiger partial charge in [-0.05, 0) is 51.5 Å². The SMILES string of the molecule is CCCCCCCCCCCCCC(O)CC(O)CC(O)CCc1cc(C)cc(C)c1. The topological polar surface area (TPSA) is 60.7 Å². The molecule has 0 saturated carbocycles. The lowest BCUT2D eigenvalue weighted by Crippen LogP contribution is -2.23. The average molecular weight is 435 g/mol. The molecule has 3 unspecified atom stereocenters. The molecular weight excluding hydrogens is 384 g/mol. The standard InChI is InChI=1S/C28H50O3/c1-4-5-6-7-8-9-10-11-12-13-14-15-26(29)21-28(31)22-27(30)17-16-25-19-23(2)18-24(3)20-25/h18-20,26-31H,4-17,21-22H2,1-3H3. The third-order valence-electron chi connectivity index (χ3n) is 6.28. The maximum absolute atomic E-state index is 10.3. The molecule has 0 saturated heterocycles. The van der Waals surface area contributed by atoms with Crippen molar-refractivity contribution in [1.82, 2.24) is 0 Å². The van der Waals surface area contributed by atoms with Gasteiger partial charge in [0.15, 0.2) is 0 Å². The minimum Gasteiger partial charge on any atom is -0.393 e. The Morgan fingerprint density at radius 3 is 1.55 bits per heavy atom. The highest BCUT2D eigenvalue weighted by Gasteiger charge is 2.16. The molecule has 0 amide bonds. The van der Waals surface area contributed by atoms with Crippen LogP contribution in [0.5, 0.6) is 0 Å². The molecule has 3 heteroatoms. The van der Waals surface area contributed by atoms with Gasteiger partial charge in [0.1, 0.15) is 0 Å². The van der Waals surface area contributed by atoms with E-state index in [0.29, 0.717) is 19.3 Å². The smallest absolute Gasteiger partial charge is 0.0589 e. The number of rotatable bonds is 19. The summed E-state index contributed by atoms with van der Waals surface area (Å²) in [5, 5.41) is 30.7. The summed E-state index contributed by atoms with van der Waals surface area (Å²) in [5.41, 5.74) is 3.73. The van der Waals surface area contributed by atoms with Gasteiger partial charge < -0.3 is 15.3 Å². The zero-order chi connectivity index (χ0) is 22.9. The molecule has 3 N–H and O–H groups in total. The molecule has 0 bridgehead atoms. The summed E-state index contributed by atoms with van der Waals surface area (Å²) in [4.78, 5) is 0. The summed E-state index contributed by atoms with van der Waals surface area (Å²) in [7, 11) is 0. The van der Waals surface area contributed by atoms with Gasteiger partial charge in [-0.15, -0.1) is 0 Å². The molecular formula is C28H50O3. The predicted octanol–water partition coefficient (Wildman–Crippen LogP) is 6.80. The quantitative estimate of drug-likeness (QED) is 0.210. The Hall–Kier alpha value is -0.900. The van der Waals surface area contributed by atoms with E-state index in [-0.39, 0.29) is 0 Å². The van der Waals surface area contributed by atoms with Gasteiger partial charge in [0.25, 0.3) is 0 Å². The van der Waals surface area contributed by atoms with E-state index in [1.807, 2.05) is 0 Å². The zero-order valence-corrected chi connectivity index (χ0v) is 20.6. The summed E-state index contributed by atoms with van der Waals surface area (Å²) in [6.45, 7) is 6.44. The first kappa shape index (κ1) is 28.1. The van der Waals surface area contributed by atoms with Gasteiger partial charge in [-0.2, -0.15) is 0 Å². The highest BCUT2D eigenvalue weighted by Crippen LogP contribution is 2.17. The first-order chi connectivity index (χ1) is 14.9. The van der Waals surface area contributed by atoms with Crippen LogP contribution in [-0.2, 0) is 6.42 Å². The van der Waals surface area contributed by atoms with Crippen LogP contribution in [0.2, 0.25) is 0 Å². The van der Waals surface area contributed by atoms with Gasteiger partial charge in [0.05, 0.1) is 18.3 Å². The largest absolute Gasteiger partial charge is 0.393 e. The van der Waals surface area contributed by atoms with E-state index in [2.05, 4.69) is 39.0 Å². The molecule has 0 aromatic heterocycles. The Labute approximate surface area is 192 Å². The molecule has 0 aliphatic rings. The molecule has 0 fully saturated rings. The van der Waals surface area contributed by atoms with Gasteiger partial charge in [-0.3, -0.25) is 0 Å². The Balaban J connectivity index is 2.02. The Bertz CT molecular complexity index is 537. The first-order valence-corrected chi connectivity index (χ1v) is 13.0. The van der Waals surface area contributed by atoms with E-state index in [4.69, 9.17) is 0 Å². The summed E-state index contributed by atoms with van der Waals surface area (Å²) in [6.07, 6.45) is 15.7. The maximum Gasteiger partial charge on any atom is 0.0589 e. The van der Waals surface area contributed by atoms with Crippen molar-refractivity contribution in [3.8, 4) is 0 Å². The molecule has 3 nitrogen and oxygen atoms in total. The summed E-state index contributed by atoms with van der Waals surface area (Å²) < 4.78 is 0. The monoisotopic (exact) mass is 434 g/mol. The third kappa shape index (κ3) is 15.5. The van der Waals surface area contributed by atoms with Gasteiger partial charge in [0, 0.05) is 0 Å². The van der Waals surface area contributed by atoms with Crippen LogP contribution in [0.15, 0.2) is 18.2 Å². The van der Waals surface area contributed by atoms with Gasteiger partial charge in [-0.25, -0.2) is 0 Å². The fourth-order valence-electron chi connectivity index (χ4n) is 4.55. The van der Waals surface area contributed by atoms with Gasteiger partial charge >= 0.3 is 0 Å². The van der Waals surface area contributed by atoms with E-state index in [1.54, 1.807) is 0 Å². The van der Waals surface area contributed by atoms with Crippen molar-refractivity contribution >= 4 is 0 Å². The number of aliphatic hydroxyl groups excluding tert-OH is 3. The van der Waals surface area contributed by atoms with Crippen LogP contribution in [0.1, 0.15) is 120 Å². The van der Waals surface area contributed by atoms with Crippen molar-refractivity contribution in [2.45, 2.75) is 142 Å². The molecule has 31 heavy (non-hydrogen) atoms. The highest BCUT2D eigenvalue weighted by molar-refractivity contribution is 5.28. The lowest BCUT2D eigenvalue weighted by Gasteiger charge is -2.19. The number of benzene rings is 1. The zero-order valence-electron chi connectivity index (χ0n) is 20.6. The van der Waals surface area contributed by atoms with E-state index in [1.165, 1.54) is 80.9 Å². The van der Waals surface area contributed by atoms with Crippen LogP contribution < -0.4 is 0 Å². The molecule has 1 aromatic rings. The van der Waals surface area contributed by atoms with Crippen molar-refractivity contribution in [3.63, 3.8) is 0 Å². The summed E-state index contributed by atoms with van der Waals surface area (Å²) in [6, 6.07) is 6.47. The normalized spacial score (nSPS) is 14.5. The Morgan fingerprint density at radius 1 is 0.581 bits per heavy atom. The van der Waals surface area contributed by atoms with E-state index < -0.39 is 18.3 Å². The van der Waals surface area contributed by atoms with Crippen molar-refractivity contribution in [1.29, 1.82) is 0 Å². The van der Waals surface area contributed by atoms with Crippen LogP contribution in [0.25, 0.3) is 0 Å². The molecule has 0 radical (unpaired) electrons. The number of hydrogen-bond acceptors (Lipinski definition) is 3. The molecule has 0 aliphatic heterocycles. The maximum atomic E-state index is 10.3. The molecule has 3 atom stereocenters. The minimum atomic E-state index is -0.628. The molecule has 1 rings (SSSR count). The summed E-state index contributed by atoms with van der Waals surface area (Å²) in [5.74, 6) is 0. The van der Waals surface area contributed by atoms with Crippen LogP contribution in [0, 0.1) is 13.8 Å². The van der Waals surface area contributed by atoms with Gasteiger partial charge in [-0.1, -0.05) is 107 Å². The second-order valence-electron chi connectivity index (χ2n) is 9.79. The van der Waals surface area contributed by atoms with Crippen molar-refractivity contribution < 1.29 is 15.3 Å². The molecule has 1 aromatic carbocycles. The average Bonchev–Trinajstić information content (AvgIpc) is 2.69. The first-order valence-electron chi connectivity index (χ1n) is 13.0. The number of aryl methyl sites for hydroxylation is 3. The Kier molecular flexibility index (Phi) is 16.0. The van der Waals surface area contributed by atoms with Crippen molar-refractivity contribution in [2.75, 3.05) is 0 Å². The second-order valence-corrected chi connectivity index (χ2v) is 9.79. The van der Waals surface area contributed by atoms with Crippen LogP contribution in [0.3, 0.4) is 0 Å². The minimum absolute atomic E-state index is 0.347. The van der Waals surface area contributed by atoms with E-state index in [9.17, 15) is 15.3 Å². The fraction of sp³-hybridized carbons (Fsp3) is 0.786. The number of hydrogen-bond donors (Lipinski definition) is 3. The van der Waals surface area contributed by atoms with Crippen molar-refractivity contribution in [2.24, 2.45) is 0 Å². The lowest BCUT2D eigenvalue weighted by molar-refractivity contribution is 0.0343. The molecule has 180 valence electrons. The van der Waals surface area contributed by atoms with Crippen LogP contribution in [0.4, 0.5) is 0 Å². The second kappa shape index (κ2) is 17.6. The van der Waals surface area contributed by atoms with E-state index in [0.717, 1.165) is 19.3 Å². The predicted molar refractivity (Wildman–Crippen MR) is 133 cm³/mol.